The van der Waals surface area contributed by atoms with E-state index in [0.29, 0.717) is 13.1 Å². The molecule has 17 heavy (non-hydrogen) atoms. The monoisotopic (exact) mass is 234 g/mol. The van der Waals surface area contributed by atoms with Crippen LogP contribution in [0.5, 0.6) is 0 Å². The van der Waals surface area contributed by atoms with Crippen LogP contribution < -0.4 is 10.6 Å². The molecule has 1 aromatic heterocycles. The number of hydrogen-bond donors (Lipinski definition) is 2. The topological polar surface area (TPSA) is 66.9 Å². The van der Waals surface area contributed by atoms with Crippen molar-refractivity contribution in [2.75, 3.05) is 18.4 Å². The molecule has 0 aromatic carbocycles. The summed E-state index contributed by atoms with van der Waals surface area (Å²) in [6, 6.07) is 1.96. The minimum absolute atomic E-state index is 0.179. The highest BCUT2D eigenvalue weighted by Crippen LogP contribution is 2.28. The molecule has 1 fully saturated rings. The fourth-order valence-corrected chi connectivity index (χ4v) is 1.50. The quantitative estimate of drug-likeness (QED) is 0.747. The molecule has 0 spiro atoms. The number of hydrogen-bond acceptors (Lipinski definition) is 4. The number of amides is 1. The SMILES string of the molecule is Cc1cc(NCCNC(=O)C2CC2)nnc1C. The van der Waals surface area contributed by atoms with Crippen LogP contribution in [0.2, 0.25) is 0 Å². The molecule has 0 aliphatic heterocycles. The third-order valence-electron chi connectivity index (χ3n) is 2.91. The van der Waals surface area contributed by atoms with Crippen LogP contribution in [0.3, 0.4) is 0 Å². The lowest BCUT2D eigenvalue weighted by Gasteiger charge is -2.07. The number of rotatable bonds is 5. The molecule has 1 amide bonds. The average molecular weight is 234 g/mol. The van der Waals surface area contributed by atoms with Crippen LogP contribution in [0.1, 0.15) is 24.1 Å². The van der Waals surface area contributed by atoms with Crippen molar-refractivity contribution in [3.63, 3.8) is 0 Å². The predicted octanol–water partition coefficient (Wildman–Crippen LogP) is 1.03. The van der Waals surface area contributed by atoms with Gasteiger partial charge in [-0.3, -0.25) is 4.79 Å². The highest BCUT2D eigenvalue weighted by atomic mass is 16.2. The Morgan fingerprint density at radius 3 is 2.76 bits per heavy atom. The van der Waals surface area contributed by atoms with Gasteiger partial charge < -0.3 is 10.6 Å². The summed E-state index contributed by atoms with van der Waals surface area (Å²) in [5, 5.41) is 14.1. The molecule has 0 radical (unpaired) electrons. The van der Waals surface area contributed by atoms with Gasteiger partial charge >= 0.3 is 0 Å². The summed E-state index contributed by atoms with van der Waals surface area (Å²) in [6.07, 6.45) is 2.09. The molecular weight excluding hydrogens is 216 g/mol. The molecule has 0 saturated heterocycles. The zero-order valence-corrected chi connectivity index (χ0v) is 10.3. The highest BCUT2D eigenvalue weighted by molar-refractivity contribution is 5.80. The minimum atomic E-state index is 0.179. The van der Waals surface area contributed by atoms with Gasteiger partial charge in [0.05, 0.1) is 5.69 Å². The second kappa shape index (κ2) is 5.12. The van der Waals surface area contributed by atoms with Crippen molar-refractivity contribution in [2.45, 2.75) is 26.7 Å². The molecular formula is C12H18N4O. The molecule has 1 aromatic rings. The normalized spacial score (nSPS) is 14.5. The predicted molar refractivity (Wildman–Crippen MR) is 65.7 cm³/mol. The van der Waals surface area contributed by atoms with Crippen molar-refractivity contribution < 1.29 is 4.79 Å². The average Bonchev–Trinajstić information content (AvgIpc) is 3.13. The van der Waals surface area contributed by atoms with Crippen LogP contribution in [-0.2, 0) is 4.79 Å². The number of nitrogens with zero attached hydrogens (tertiary/aromatic N) is 2. The third kappa shape index (κ3) is 3.41. The molecule has 1 saturated carbocycles. The molecule has 5 nitrogen and oxygen atoms in total. The maximum Gasteiger partial charge on any atom is 0.223 e. The van der Waals surface area contributed by atoms with E-state index in [1.807, 2.05) is 19.9 Å². The Labute approximate surface area is 101 Å². The van der Waals surface area contributed by atoms with Crippen LogP contribution in [0.4, 0.5) is 5.82 Å². The fourth-order valence-electron chi connectivity index (χ4n) is 1.50. The number of nitrogens with one attached hydrogen (secondary N) is 2. The molecule has 2 N–H and O–H groups in total. The van der Waals surface area contributed by atoms with Crippen molar-refractivity contribution in [1.29, 1.82) is 0 Å². The Balaban J connectivity index is 1.70. The van der Waals surface area contributed by atoms with Gasteiger partial charge in [-0.25, -0.2) is 0 Å². The summed E-state index contributed by atoms with van der Waals surface area (Å²) in [5.74, 6) is 1.21. The van der Waals surface area contributed by atoms with E-state index in [-0.39, 0.29) is 11.8 Å². The zero-order chi connectivity index (χ0) is 12.3. The minimum Gasteiger partial charge on any atom is -0.367 e. The van der Waals surface area contributed by atoms with Crippen molar-refractivity contribution in [1.82, 2.24) is 15.5 Å². The smallest absolute Gasteiger partial charge is 0.223 e. The molecule has 5 heteroatoms. The molecule has 0 atom stereocenters. The van der Waals surface area contributed by atoms with Crippen LogP contribution in [0.15, 0.2) is 6.07 Å². The standard InChI is InChI=1S/C12H18N4O/c1-8-7-11(16-15-9(8)2)13-5-6-14-12(17)10-3-4-10/h7,10H,3-6H2,1-2H3,(H,13,16)(H,14,17). The first-order valence-corrected chi connectivity index (χ1v) is 5.99. The van der Waals surface area contributed by atoms with E-state index < -0.39 is 0 Å². The van der Waals surface area contributed by atoms with Crippen LogP contribution >= 0.6 is 0 Å². The van der Waals surface area contributed by atoms with Crippen molar-refractivity contribution in [3.05, 3.63) is 17.3 Å². The van der Waals surface area contributed by atoms with Gasteiger partial charge in [0.15, 0.2) is 0 Å². The second-order valence-electron chi connectivity index (χ2n) is 4.49. The Hall–Kier alpha value is -1.65. The first-order chi connectivity index (χ1) is 8.16. The Morgan fingerprint density at radius 1 is 1.35 bits per heavy atom. The number of aryl methyl sites for hydroxylation is 2. The van der Waals surface area contributed by atoms with Gasteiger partial charge in [-0.1, -0.05) is 0 Å². The van der Waals surface area contributed by atoms with E-state index in [9.17, 15) is 4.79 Å². The largest absolute Gasteiger partial charge is 0.367 e. The molecule has 0 bridgehead atoms. The summed E-state index contributed by atoms with van der Waals surface area (Å²) < 4.78 is 0. The first-order valence-electron chi connectivity index (χ1n) is 5.99. The van der Waals surface area contributed by atoms with Crippen molar-refractivity contribution in [2.24, 2.45) is 5.92 Å². The van der Waals surface area contributed by atoms with Crippen molar-refractivity contribution >= 4 is 11.7 Å². The Morgan fingerprint density at radius 2 is 2.12 bits per heavy atom. The Kier molecular flexibility index (Phi) is 3.56. The van der Waals surface area contributed by atoms with E-state index in [1.54, 1.807) is 0 Å². The van der Waals surface area contributed by atoms with E-state index in [1.165, 1.54) is 0 Å². The molecule has 1 heterocycles. The zero-order valence-electron chi connectivity index (χ0n) is 10.3. The summed E-state index contributed by atoms with van der Waals surface area (Å²) >= 11 is 0. The van der Waals surface area contributed by atoms with Crippen LogP contribution in [0, 0.1) is 19.8 Å². The number of anilines is 1. The first kappa shape index (κ1) is 11.8. The second-order valence-corrected chi connectivity index (χ2v) is 4.49. The number of carbonyl (C=O) groups excluding carboxylic acids is 1. The maximum atomic E-state index is 11.3. The molecule has 2 rings (SSSR count). The van der Waals surface area contributed by atoms with Crippen LogP contribution in [-0.4, -0.2) is 29.2 Å². The van der Waals surface area contributed by atoms with Gasteiger partial charge in [0.1, 0.15) is 5.82 Å². The lowest BCUT2D eigenvalue weighted by Crippen LogP contribution is -2.30. The highest BCUT2D eigenvalue weighted by Gasteiger charge is 2.28. The molecule has 0 unspecified atom stereocenters. The van der Waals surface area contributed by atoms with Gasteiger partial charge in [-0.15, -0.1) is 5.10 Å². The molecule has 1 aliphatic rings. The third-order valence-corrected chi connectivity index (χ3v) is 2.91. The van der Waals surface area contributed by atoms with E-state index in [0.717, 1.165) is 29.9 Å². The summed E-state index contributed by atoms with van der Waals surface area (Å²) in [5.41, 5.74) is 2.06. The number of carbonyl (C=O) groups is 1. The van der Waals surface area contributed by atoms with Gasteiger partial charge in [0.2, 0.25) is 5.91 Å². The Bertz CT molecular complexity index is 415. The molecule has 92 valence electrons. The lowest BCUT2D eigenvalue weighted by atomic mass is 10.2. The lowest BCUT2D eigenvalue weighted by molar-refractivity contribution is -0.122. The van der Waals surface area contributed by atoms with Crippen molar-refractivity contribution in [3.8, 4) is 0 Å². The number of aromatic nitrogens is 2. The van der Waals surface area contributed by atoms with Gasteiger partial charge in [0, 0.05) is 19.0 Å². The van der Waals surface area contributed by atoms with Gasteiger partial charge in [-0.05, 0) is 38.3 Å². The summed E-state index contributed by atoms with van der Waals surface area (Å²) in [7, 11) is 0. The molecule has 1 aliphatic carbocycles. The van der Waals surface area contributed by atoms with Crippen LogP contribution in [0.25, 0.3) is 0 Å². The maximum absolute atomic E-state index is 11.3. The van der Waals surface area contributed by atoms with E-state index in [2.05, 4.69) is 20.8 Å². The summed E-state index contributed by atoms with van der Waals surface area (Å²) in [4.78, 5) is 11.3. The van der Waals surface area contributed by atoms with E-state index >= 15 is 0 Å². The van der Waals surface area contributed by atoms with E-state index in [4.69, 9.17) is 0 Å². The fraction of sp³-hybridized carbons (Fsp3) is 0.583. The van der Waals surface area contributed by atoms with Gasteiger partial charge in [0.25, 0.3) is 0 Å². The summed E-state index contributed by atoms with van der Waals surface area (Å²) in [6.45, 7) is 5.24. The van der Waals surface area contributed by atoms with Gasteiger partial charge in [-0.2, -0.15) is 5.10 Å².